The van der Waals surface area contributed by atoms with Crippen LogP contribution in [0.4, 0.5) is 18.0 Å². The first-order chi connectivity index (χ1) is 14.8. The van der Waals surface area contributed by atoms with Crippen LogP contribution in [0, 0.1) is 5.92 Å². The standard InChI is InChI=1S/C20H20F3N3O5S/c1-26(2)32(30,31)14-10-8-13(9-11-14)17(27)15-16(12-6-4-3-5-7-12)24-18(28)25-19(15,29)20(21,22)23/h3-11,15-16,29H,1-2H3,(H2,24,25,28)/t15-,16-,19-/m1/s1. The number of sulfonamides is 1. The zero-order chi connectivity index (χ0) is 23.9. The summed E-state index contributed by atoms with van der Waals surface area (Å²) in [5.41, 5.74) is -3.95. The van der Waals surface area contributed by atoms with Crippen LogP contribution in [0.3, 0.4) is 0 Å². The molecule has 0 spiro atoms. The van der Waals surface area contributed by atoms with E-state index in [4.69, 9.17) is 0 Å². The van der Waals surface area contributed by atoms with E-state index in [9.17, 15) is 36.3 Å². The Morgan fingerprint density at radius 3 is 2.12 bits per heavy atom. The molecule has 0 saturated carbocycles. The second-order valence-corrected chi connectivity index (χ2v) is 9.56. The Hall–Kier alpha value is -2.96. The molecule has 3 N–H and O–H groups in total. The Morgan fingerprint density at radius 1 is 1.06 bits per heavy atom. The number of nitrogens with one attached hydrogen (secondary N) is 2. The molecule has 0 aliphatic carbocycles. The zero-order valence-electron chi connectivity index (χ0n) is 16.9. The van der Waals surface area contributed by atoms with Crippen molar-refractivity contribution in [3.05, 3.63) is 65.7 Å². The largest absolute Gasteiger partial charge is 0.437 e. The molecule has 8 nitrogen and oxygen atoms in total. The minimum absolute atomic E-state index is 0.167. The van der Waals surface area contributed by atoms with E-state index in [1.165, 1.54) is 43.7 Å². The van der Waals surface area contributed by atoms with Crippen molar-refractivity contribution >= 4 is 21.8 Å². The number of Topliss-reactive ketones (excluding diaryl/α,β-unsaturated/α-hetero) is 1. The third-order valence-electron chi connectivity index (χ3n) is 5.16. The maximum Gasteiger partial charge on any atom is 0.437 e. The topological polar surface area (TPSA) is 116 Å². The molecule has 172 valence electrons. The molecule has 0 aromatic heterocycles. The molecule has 1 aliphatic rings. The van der Waals surface area contributed by atoms with Gasteiger partial charge in [0.15, 0.2) is 5.78 Å². The van der Waals surface area contributed by atoms with Gasteiger partial charge < -0.3 is 15.7 Å². The predicted octanol–water partition coefficient (Wildman–Crippen LogP) is 2.04. The number of amides is 2. The molecule has 2 amide bonds. The number of hydrogen-bond acceptors (Lipinski definition) is 5. The molecule has 12 heteroatoms. The van der Waals surface area contributed by atoms with E-state index in [0.717, 1.165) is 28.6 Å². The summed E-state index contributed by atoms with van der Waals surface area (Å²) in [5, 5.41) is 14.3. The highest BCUT2D eigenvalue weighted by molar-refractivity contribution is 7.89. The van der Waals surface area contributed by atoms with E-state index >= 15 is 0 Å². The molecule has 0 unspecified atom stereocenters. The number of carbonyl (C=O) groups excluding carboxylic acids is 2. The van der Waals surface area contributed by atoms with Crippen molar-refractivity contribution in [2.45, 2.75) is 22.8 Å². The molecule has 1 saturated heterocycles. The summed E-state index contributed by atoms with van der Waals surface area (Å²) in [6.45, 7) is 0. The van der Waals surface area contributed by atoms with Crippen LogP contribution < -0.4 is 10.6 Å². The highest BCUT2D eigenvalue weighted by Gasteiger charge is 2.66. The normalized spacial score (nSPS) is 24.0. The van der Waals surface area contributed by atoms with Crippen molar-refractivity contribution in [3.63, 3.8) is 0 Å². The van der Waals surface area contributed by atoms with E-state index < -0.39 is 45.7 Å². The van der Waals surface area contributed by atoms with Gasteiger partial charge in [0, 0.05) is 19.7 Å². The number of hydrogen-bond donors (Lipinski definition) is 3. The second kappa shape index (κ2) is 8.19. The highest BCUT2D eigenvalue weighted by atomic mass is 32.2. The fourth-order valence-corrected chi connectivity index (χ4v) is 4.36. The number of carbonyl (C=O) groups is 2. The first-order valence-corrected chi connectivity index (χ1v) is 10.7. The number of ketones is 1. The lowest BCUT2D eigenvalue weighted by atomic mass is 9.77. The smallest absolute Gasteiger partial charge is 0.363 e. The number of benzene rings is 2. The summed E-state index contributed by atoms with van der Waals surface area (Å²) in [6.07, 6.45) is -5.38. The summed E-state index contributed by atoms with van der Waals surface area (Å²) >= 11 is 0. The van der Waals surface area contributed by atoms with Crippen molar-refractivity contribution in [2.24, 2.45) is 5.92 Å². The molecule has 1 aliphatic heterocycles. The molecule has 3 rings (SSSR count). The van der Waals surface area contributed by atoms with Gasteiger partial charge in [0.2, 0.25) is 15.7 Å². The van der Waals surface area contributed by atoms with Crippen LogP contribution in [0.15, 0.2) is 59.5 Å². The lowest BCUT2D eigenvalue weighted by molar-refractivity contribution is -0.287. The quantitative estimate of drug-likeness (QED) is 0.578. The average molecular weight is 471 g/mol. The van der Waals surface area contributed by atoms with Crippen molar-refractivity contribution < 1.29 is 36.3 Å². The van der Waals surface area contributed by atoms with Crippen LogP contribution in [-0.2, 0) is 10.0 Å². The van der Waals surface area contributed by atoms with E-state index in [2.05, 4.69) is 5.32 Å². The summed E-state index contributed by atoms with van der Waals surface area (Å²) in [4.78, 5) is 25.0. The van der Waals surface area contributed by atoms with Gasteiger partial charge in [-0.05, 0) is 17.7 Å². The molecular weight excluding hydrogens is 451 g/mol. The number of alkyl halides is 3. The van der Waals surface area contributed by atoms with Gasteiger partial charge in [-0.2, -0.15) is 13.2 Å². The van der Waals surface area contributed by atoms with Crippen molar-refractivity contribution in [3.8, 4) is 0 Å². The second-order valence-electron chi connectivity index (χ2n) is 7.40. The molecule has 0 radical (unpaired) electrons. The SMILES string of the molecule is CN(C)S(=O)(=O)c1ccc(C(=O)[C@H]2[C@@H](c3ccccc3)NC(=O)N[C@]2(O)C(F)(F)F)cc1. The number of halogens is 3. The summed E-state index contributed by atoms with van der Waals surface area (Å²) in [5.74, 6) is -3.33. The molecule has 0 bridgehead atoms. The van der Waals surface area contributed by atoms with Gasteiger partial charge in [-0.25, -0.2) is 17.5 Å². The Balaban J connectivity index is 2.10. The van der Waals surface area contributed by atoms with Gasteiger partial charge in [0.25, 0.3) is 0 Å². The maximum absolute atomic E-state index is 13.9. The summed E-state index contributed by atoms with van der Waals surface area (Å²) in [6, 6.07) is 8.95. The average Bonchev–Trinajstić information content (AvgIpc) is 2.72. The number of aliphatic hydroxyl groups is 1. The lowest BCUT2D eigenvalue weighted by Gasteiger charge is -2.45. The van der Waals surface area contributed by atoms with E-state index in [-0.39, 0.29) is 16.0 Å². The maximum atomic E-state index is 13.9. The van der Waals surface area contributed by atoms with E-state index in [1.54, 1.807) is 6.07 Å². The molecule has 1 heterocycles. The van der Waals surface area contributed by atoms with E-state index in [1.807, 2.05) is 0 Å². The van der Waals surface area contributed by atoms with Gasteiger partial charge in [-0.1, -0.05) is 42.5 Å². The molecular formula is C20H20F3N3O5S. The van der Waals surface area contributed by atoms with Crippen LogP contribution in [0.25, 0.3) is 0 Å². The van der Waals surface area contributed by atoms with Crippen molar-refractivity contribution in [2.75, 3.05) is 14.1 Å². The zero-order valence-corrected chi connectivity index (χ0v) is 17.7. The van der Waals surface area contributed by atoms with Gasteiger partial charge in [-0.15, -0.1) is 0 Å². The van der Waals surface area contributed by atoms with Crippen LogP contribution in [0.2, 0.25) is 0 Å². The molecule has 2 aromatic rings. The van der Waals surface area contributed by atoms with Gasteiger partial charge in [-0.3, -0.25) is 4.79 Å². The summed E-state index contributed by atoms with van der Waals surface area (Å²) < 4.78 is 67.1. The van der Waals surface area contributed by atoms with Crippen LogP contribution in [-0.4, -0.2) is 55.6 Å². The molecule has 32 heavy (non-hydrogen) atoms. The summed E-state index contributed by atoms with van der Waals surface area (Å²) in [7, 11) is -1.22. The fourth-order valence-electron chi connectivity index (χ4n) is 3.46. The minimum atomic E-state index is -5.38. The lowest BCUT2D eigenvalue weighted by Crippen LogP contribution is -2.72. The molecule has 3 atom stereocenters. The third kappa shape index (κ3) is 4.08. The Kier molecular flexibility index (Phi) is 6.06. The van der Waals surface area contributed by atoms with Gasteiger partial charge >= 0.3 is 12.2 Å². The van der Waals surface area contributed by atoms with Crippen LogP contribution >= 0.6 is 0 Å². The number of rotatable bonds is 5. The Morgan fingerprint density at radius 2 is 1.62 bits per heavy atom. The van der Waals surface area contributed by atoms with Gasteiger partial charge in [0.05, 0.1) is 10.9 Å². The monoisotopic (exact) mass is 471 g/mol. The fraction of sp³-hybridized carbons (Fsp3) is 0.300. The Bertz CT molecular complexity index is 1120. The molecule has 1 fully saturated rings. The van der Waals surface area contributed by atoms with Crippen molar-refractivity contribution in [1.29, 1.82) is 0 Å². The van der Waals surface area contributed by atoms with Crippen LogP contribution in [0.5, 0.6) is 0 Å². The highest BCUT2D eigenvalue weighted by Crippen LogP contribution is 2.43. The molecule has 2 aromatic carbocycles. The van der Waals surface area contributed by atoms with Crippen LogP contribution in [0.1, 0.15) is 22.0 Å². The number of urea groups is 1. The van der Waals surface area contributed by atoms with Gasteiger partial charge in [0.1, 0.15) is 5.92 Å². The van der Waals surface area contributed by atoms with E-state index in [0.29, 0.717) is 0 Å². The minimum Gasteiger partial charge on any atom is -0.363 e. The first-order valence-electron chi connectivity index (χ1n) is 9.28. The first kappa shape index (κ1) is 23.7. The van der Waals surface area contributed by atoms with Crippen molar-refractivity contribution in [1.82, 2.24) is 14.9 Å². The predicted molar refractivity (Wildman–Crippen MR) is 107 cm³/mol. The number of nitrogens with zero attached hydrogens (tertiary/aromatic N) is 1. The Labute approximate surface area is 182 Å². The third-order valence-corrected chi connectivity index (χ3v) is 6.99.